The Morgan fingerprint density at radius 1 is 1.33 bits per heavy atom. The summed E-state index contributed by atoms with van der Waals surface area (Å²) in [5.74, 6) is 3.51. The molecule has 0 spiro atoms. The third-order valence-corrected chi connectivity index (χ3v) is 5.01. The maximum atomic E-state index is 12.4. The molecular weight excluding hydrogens is 228 g/mol. The van der Waals surface area contributed by atoms with Crippen LogP contribution in [0, 0.1) is 17.8 Å². The zero-order valence-electron chi connectivity index (χ0n) is 10.4. The van der Waals surface area contributed by atoms with Gasteiger partial charge in [-0.2, -0.15) is 5.10 Å². The molecule has 1 aromatic heterocycles. The molecule has 3 fully saturated rings. The number of carbonyl (C=O) groups excluding carboxylic acids is 1. The SMILES string of the molecule is O=C(C1C2CCCC21)N1CCC(c2ncn[nH]2)C1. The highest BCUT2D eigenvalue weighted by molar-refractivity contribution is 5.83. The normalized spacial score (nSPS) is 37.9. The summed E-state index contributed by atoms with van der Waals surface area (Å²) in [7, 11) is 0. The molecular formula is C13H18N4O. The van der Waals surface area contributed by atoms with Crippen molar-refractivity contribution in [3.63, 3.8) is 0 Å². The first-order valence-electron chi connectivity index (χ1n) is 6.98. The van der Waals surface area contributed by atoms with Crippen LogP contribution in [0.3, 0.4) is 0 Å². The average Bonchev–Trinajstić information content (AvgIpc) is 2.94. The Morgan fingerprint density at radius 2 is 2.17 bits per heavy atom. The summed E-state index contributed by atoms with van der Waals surface area (Å²) >= 11 is 0. The van der Waals surface area contributed by atoms with Crippen LogP contribution in [0.5, 0.6) is 0 Å². The van der Waals surface area contributed by atoms with Crippen molar-refractivity contribution in [2.24, 2.45) is 17.8 Å². The first-order chi connectivity index (χ1) is 8.84. The van der Waals surface area contributed by atoms with Crippen LogP contribution in [0.2, 0.25) is 0 Å². The van der Waals surface area contributed by atoms with Crippen molar-refractivity contribution in [3.8, 4) is 0 Å². The van der Waals surface area contributed by atoms with Gasteiger partial charge in [0.05, 0.1) is 0 Å². The molecule has 0 radical (unpaired) electrons. The van der Waals surface area contributed by atoms with Crippen molar-refractivity contribution >= 4 is 5.91 Å². The van der Waals surface area contributed by atoms with E-state index in [2.05, 4.69) is 20.1 Å². The molecule has 96 valence electrons. The van der Waals surface area contributed by atoms with Crippen LogP contribution in [0.15, 0.2) is 6.33 Å². The number of nitrogens with zero attached hydrogens (tertiary/aromatic N) is 3. The maximum absolute atomic E-state index is 12.4. The molecule has 2 aliphatic carbocycles. The molecule has 3 atom stereocenters. The molecule has 1 saturated heterocycles. The van der Waals surface area contributed by atoms with Crippen LogP contribution < -0.4 is 0 Å². The smallest absolute Gasteiger partial charge is 0.226 e. The van der Waals surface area contributed by atoms with Gasteiger partial charge < -0.3 is 4.90 Å². The van der Waals surface area contributed by atoms with Gasteiger partial charge in [-0.1, -0.05) is 6.42 Å². The predicted octanol–water partition coefficient (Wildman–Crippen LogP) is 1.17. The summed E-state index contributed by atoms with van der Waals surface area (Å²) in [5.41, 5.74) is 0. The van der Waals surface area contributed by atoms with Crippen molar-refractivity contribution in [2.75, 3.05) is 13.1 Å². The van der Waals surface area contributed by atoms with Crippen LogP contribution in [-0.4, -0.2) is 39.1 Å². The topological polar surface area (TPSA) is 61.9 Å². The number of rotatable bonds is 2. The van der Waals surface area contributed by atoms with E-state index in [1.54, 1.807) is 6.33 Å². The quantitative estimate of drug-likeness (QED) is 0.852. The van der Waals surface area contributed by atoms with Gasteiger partial charge in [-0.15, -0.1) is 0 Å². The van der Waals surface area contributed by atoms with Gasteiger partial charge in [0.1, 0.15) is 12.2 Å². The Morgan fingerprint density at radius 3 is 2.89 bits per heavy atom. The standard InChI is InChI=1S/C13H18N4O/c18-13(11-9-2-1-3-10(9)11)17-5-4-8(6-17)12-14-7-15-16-12/h7-11H,1-6H2,(H,14,15,16). The van der Waals surface area contributed by atoms with Crippen LogP contribution in [-0.2, 0) is 4.79 Å². The van der Waals surface area contributed by atoms with E-state index in [1.165, 1.54) is 19.3 Å². The average molecular weight is 246 g/mol. The lowest BCUT2D eigenvalue weighted by molar-refractivity contribution is -0.132. The zero-order chi connectivity index (χ0) is 12.1. The molecule has 3 aliphatic rings. The molecule has 2 saturated carbocycles. The van der Waals surface area contributed by atoms with E-state index in [4.69, 9.17) is 0 Å². The van der Waals surface area contributed by atoms with E-state index in [-0.39, 0.29) is 0 Å². The molecule has 0 bridgehead atoms. The minimum atomic E-state index is 0.357. The molecule has 1 amide bonds. The lowest BCUT2D eigenvalue weighted by atomic mass is 10.1. The Hall–Kier alpha value is -1.39. The summed E-state index contributed by atoms with van der Waals surface area (Å²) in [5, 5.41) is 6.82. The highest BCUT2D eigenvalue weighted by atomic mass is 16.2. The van der Waals surface area contributed by atoms with E-state index < -0.39 is 0 Å². The zero-order valence-corrected chi connectivity index (χ0v) is 10.4. The minimum absolute atomic E-state index is 0.357. The summed E-state index contributed by atoms with van der Waals surface area (Å²) in [6, 6.07) is 0. The minimum Gasteiger partial charge on any atom is -0.342 e. The third-order valence-electron chi connectivity index (χ3n) is 5.01. The van der Waals surface area contributed by atoms with Crippen molar-refractivity contribution in [3.05, 3.63) is 12.2 Å². The van der Waals surface area contributed by atoms with Crippen molar-refractivity contribution in [2.45, 2.75) is 31.6 Å². The molecule has 18 heavy (non-hydrogen) atoms. The second-order valence-electron chi connectivity index (χ2n) is 5.92. The Kier molecular flexibility index (Phi) is 2.22. The van der Waals surface area contributed by atoms with Gasteiger partial charge >= 0.3 is 0 Å². The van der Waals surface area contributed by atoms with Gasteiger partial charge in [-0.25, -0.2) is 4.98 Å². The van der Waals surface area contributed by atoms with Gasteiger partial charge in [0.15, 0.2) is 0 Å². The second kappa shape index (κ2) is 3.80. The number of aromatic amines is 1. The fraction of sp³-hybridized carbons (Fsp3) is 0.769. The molecule has 5 heteroatoms. The first kappa shape index (κ1) is 10.5. The number of fused-ring (bicyclic) bond motifs is 1. The molecule has 2 heterocycles. The van der Waals surface area contributed by atoms with Gasteiger partial charge in [0.2, 0.25) is 5.91 Å². The number of amides is 1. The largest absolute Gasteiger partial charge is 0.342 e. The number of nitrogens with one attached hydrogen (secondary N) is 1. The van der Waals surface area contributed by atoms with E-state index in [1.807, 2.05) is 0 Å². The van der Waals surface area contributed by atoms with Gasteiger partial charge in [-0.3, -0.25) is 9.89 Å². The molecule has 1 N–H and O–H groups in total. The van der Waals surface area contributed by atoms with Gasteiger partial charge in [0, 0.05) is 24.9 Å². The molecule has 1 aliphatic heterocycles. The monoisotopic (exact) mass is 246 g/mol. The van der Waals surface area contributed by atoms with E-state index in [0.717, 1.165) is 37.2 Å². The lowest BCUT2D eigenvalue weighted by Gasteiger charge is -2.17. The summed E-state index contributed by atoms with van der Waals surface area (Å²) < 4.78 is 0. The number of hydrogen-bond donors (Lipinski definition) is 1. The summed E-state index contributed by atoms with van der Waals surface area (Å²) in [6.45, 7) is 1.71. The van der Waals surface area contributed by atoms with Crippen molar-refractivity contribution < 1.29 is 4.79 Å². The second-order valence-corrected chi connectivity index (χ2v) is 5.92. The summed E-state index contributed by atoms with van der Waals surface area (Å²) in [4.78, 5) is 18.7. The number of aromatic nitrogens is 3. The maximum Gasteiger partial charge on any atom is 0.226 e. The van der Waals surface area contributed by atoms with Crippen LogP contribution in [0.25, 0.3) is 0 Å². The number of carbonyl (C=O) groups is 1. The fourth-order valence-corrected chi connectivity index (χ4v) is 3.99. The van der Waals surface area contributed by atoms with Crippen LogP contribution >= 0.6 is 0 Å². The molecule has 1 aromatic rings. The molecule has 4 rings (SSSR count). The Labute approximate surface area is 106 Å². The van der Waals surface area contributed by atoms with Crippen molar-refractivity contribution in [1.82, 2.24) is 20.1 Å². The van der Waals surface area contributed by atoms with Crippen LogP contribution in [0.4, 0.5) is 0 Å². The van der Waals surface area contributed by atoms with Gasteiger partial charge in [-0.05, 0) is 31.1 Å². The number of hydrogen-bond acceptors (Lipinski definition) is 3. The highest BCUT2D eigenvalue weighted by Gasteiger charge is 2.57. The van der Waals surface area contributed by atoms with Crippen LogP contribution in [0.1, 0.15) is 37.4 Å². The highest BCUT2D eigenvalue weighted by Crippen LogP contribution is 2.58. The number of H-pyrrole nitrogens is 1. The Bertz CT molecular complexity index is 448. The summed E-state index contributed by atoms with van der Waals surface area (Å²) in [6.07, 6.45) is 6.45. The van der Waals surface area contributed by atoms with E-state index in [0.29, 0.717) is 17.7 Å². The Balaban J connectivity index is 1.41. The van der Waals surface area contributed by atoms with Gasteiger partial charge in [0.25, 0.3) is 0 Å². The molecule has 5 nitrogen and oxygen atoms in total. The first-order valence-corrected chi connectivity index (χ1v) is 6.98. The lowest BCUT2D eigenvalue weighted by Crippen LogP contribution is -2.31. The fourth-order valence-electron chi connectivity index (χ4n) is 3.99. The third kappa shape index (κ3) is 1.49. The van der Waals surface area contributed by atoms with Crippen molar-refractivity contribution in [1.29, 1.82) is 0 Å². The van der Waals surface area contributed by atoms with E-state index >= 15 is 0 Å². The van der Waals surface area contributed by atoms with E-state index in [9.17, 15) is 4.79 Å². The molecule has 3 unspecified atom stereocenters. The predicted molar refractivity (Wildman–Crippen MR) is 64.6 cm³/mol. The molecule has 0 aromatic carbocycles. The number of likely N-dealkylation sites (tertiary alicyclic amines) is 1.